The summed E-state index contributed by atoms with van der Waals surface area (Å²) < 4.78 is 0. The van der Waals surface area contributed by atoms with E-state index in [0.717, 1.165) is 5.92 Å². The monoisotopic (exact) mass is 211 g/mol. The molecule has 1 saturated heterocycles. The maximum Gasteiger partial charge on any atom is 0.00379 e. The number of likely N-dealkylation sites (tertiary alicyclic amines) is 1. The van der Waals surface area contributed by atoms with Gasteiger partial charge in [0.25, 0.3) is 0 Å². The summed E-state index contributed by atoms with van der Waals surface area (Å²) in [5, 5.41) is 0. The summed E-state index contributed by atoms with van der Waals surface area (Å²) in [6, 6.07) is 0. The van der Waals surface area contributed by atoms with E-state index in [2.05, 4.69) is 46.4 Å². The van der Waals surface area contributed by atoms with Crippen LogP contribution in [0.1, 0.15) is 54.4 Å². The smallest absolute Gasteiger partial charge is 0.00379 e. The van der Waals surface area contributed by atoms with E-state index in [4.69, 9.17) is 0 Å². The number of nitrogens with zero attached hydrogens (tertiary/aromatic N) is 1. The lowest BCUT2D eigenvalue weighted by atomic mass is 9.62. The van der Waals surface area contributed by atoms with E-state index in [9.17, 15) is 0 Å². The van der Waals surface area contributed by atoms with Crippen LogP contribution in [-0.4, -0.2) is 24.5 Å². The fourth-order valence-electron chi connectivity index (χ4n) is 2.48. The third-order valence-corrected chi connectivity index (χ3v) is 5.01. The SMILES string of the molecule is CC(C)C(C)(C)C(C)(C)CN1CCCC1. The zero-order valence-electron chi connectivity index (χ0n) is 11.6. The Morgan fingerprint density at radius 2 is 1.47 bits per heavy atom. The van der Waals surface area contributed by atoms with Crippen LogP contribution in [0, 0.1) is 16.7 Å². The van der Waals surface area contributed by atoms with Crippen LogP contribution in [0.2, 0.25) is 0 Å². The molecule has 0 aromatic heterocycles. The normalized spacial score (nSPS) is 20.2. The Morgan fingerprint density at radius 1 is 1.00 bits per heavy atom. The third kappa shape index (κ3) is 2.75. The van der Waals surface area contributed by atoms with Gasteiger partial charge >= 0.3 is 0 Å². The molecule has 0 saturated carbocycles. The van der Waals surface area contributed by atoms with Gasteiger partial charge in [-0.15, -0.1) is 0 Å². The first-order valence-electron chi connectivity index (χ1n) is 6.50. The highest BCUT2D eigenvalue weighted by Crippen LogP contribution is 2.45. The molecule has 0 bridgehead atoms. The lowest BCUT2D eigenvalue weighted by Crippen LogP contribution is -2.44. The van der Waals surface area contributed by atoms with Crippen molar-refractivity contribution >= 4 is 0 Å². The fraction of sp³-hybridized carbons (Fsp3) is 1.00. The molecule has 0 unspecified atom stereocenters. The molecule has 0 atom stereocenters. The summed E-state index contributed by atoms with van der Waals surface area (Å²) >= 11 is 0. The van der Waals surface area contributed by atoms with Crippen LogP contribution in [0.5, 0.6) is 0 Å². The molecular formula is C14H29N. The highest BCUT2D eigenvalue weighted by Gasteiger charge is 2.40. The summed E-state index contributed by atoms with van der Waals surface area (Å²) in [4.78, 5) is 2.64. The molecule has 0 spiro atoms. The van der Waals surface area contributed by atoms with Crippen LogP contribution in [0.15, 0.2) is 0 Å². The summed E-state index contributed by atoms with van der Waals surface area (Å²) in [5.41, 5.74) is 0.821. The largest absolute Gasteiger partial charge is 0.303 e. The van der Waals surface area contributed by atoms with Crippen molar-refractivity contribution in [3.63, 3.8) is 0 Å². The van der Waals surface area contributed by atoms with Crippen molar-refractivity contribution in [2.45, 2.75) is 54.4 Å². The van der Waals surface area contributed by atoms with Gasteiger partial charge in [-0.25, -0.2) is 0 Å². The molecule has 1 rings (SSSR count). The van der Waals surface area contributed by atoms with Gasteiger partial charge in [0, 0.05) is 6.54 Å². The van der Waals surface area contributed by atoms with Crippen molar-refractivity contribution in [2.75, 3.05) is 19.6 Å². The lowest BCUT2D eigenvalue weighted by molar-refractivity contribution is 0.0254. The molecule has 1 heteroatoms. The minimum Gasteiger partial charge on any atom is -0.303 e. The van der Waals surface area contributed by atoms with Crippen molar-refractivity contribution in [3.05, 3.63) is 0 Å². The molecule has 1 heterocycles. The first kappa shape index (κ1) is 13.0. The molecule has 0 aromatic rings. The van der Waals surface area contributed by atoms with Crippen LogP contribution >= 0.6 is 0 Å². The molecule has 15 heavy (non-hydrogen) atoms. The molecule has 1 aliphatic rings. The Bertz CT molecular complexity index is 197. The Labute approximate surface area is 96.2 Å². The second-order valence-corrected chi connectivity index (χ2v) is 6.74. The lowest BCUT2D eigenvalue weighted by Gasteiger charge is -2.47. The van der Waals surface area contributed by atoms with Crippen LogP contribution in [-0.2, 0) is 0 Å². The molecule has 0 aliphatic carbocycles. The summed E-state index contributed by atoms with van der Waals surface area (Å²) in [7, 11) is 0. The minimum atomic E-state index is 0.408. The van der Waals surface area contributed by atoms with E-state index < -0.39 is 0 Å². The number of hydrogen-bond acceptors (Lipinski definition) is 1. The van der Waals surface area contributed by atoms with Gasteiger partial charge in [0.2, 0.25) is 0 Å². The Hall–Kier alpha value is -0.0400. The highest BCUT2D eigenvalue weighted by atomic mass is 15.1. The van der Waals surface area contributed by atoms with Crippen LogP contribution in [0.4, 0.5) is 0 Å². The maximum absolute atomic E-state index is 2.64. The van der Waals surface area contributed by atoms with Crippen molar-refractivity contribution in [2.24, 2.45) is 16.7 Å². The average molecular weight is 211 g/mol. The minimum absolute atomic E-state index is 0.408. The average Bonchev–Trinajstić information content (AvgIpc) is 2.55. The van der Waals surface area contributed by atoms with Gasteiger partial charge in [0.05, 0.1) is 0 Å². The third-order valence-electron chi connectivity index (χ3n) is 5.01. The van der Waals surface area contributed by atoms with Gasteiger partial charge in [-0.3, -0.25) is 0 Å². The zero-order valence-corrected chi connectivity index (χ0v) is 11.6. The highest BCUT2D eigenvalue weighted by molar-refractivity contribution is 4.91. The molecule has 1 aliphatic heterocycles. The van der Waals surface area contributed by atoms with E-state index in [1.54, 1.807) is 0 Å². The second-order valence-electron chi connectivity index (χ2n) is 6.74. The van der Waals surface area contributed by atoms with E-state index >= 15 is 0 Å². The summed E-state index contributed by atoms with van der Waals surface area (Å²) in [6.07, 6.45) is 2.80. The van der Waals surface area contributed by atoms with Gasteiger partial charge in [-0.2, -0.15) is 0 Å². The predicted octanol–water partition coefficient (Wildman–Crippen LogP) is 3.79. The molecule has 0 amide bonds. The van der Waals surface area contributed by atoms with Crippen molar-refractivity contribution in [1.82, 2.24) is 4.90 Å². The van der Waals surface area contributed by atoms with Gasteiger partial charge in [0.15, 0.2) is 0 Å². The van der Waals surface area contributed by atoms with Gasteiger partial charge in [-0.05, 0) is 42.7 Å². The Balaban J connectivity index is 2.63. The quantitative estimate of drug-likeness (QED) is 0.684. The van der Waals surface area contributed by atoms with E-state index in [1.807, 2.05) is 0 Å². The van der Waals surface area contributed by atoms with E-state index in [1.165, 1.54) is 32.5 Å². The summed E-state index contributed by atoms with van der Waals surface area (Å²) in [5.74, 6) is 0.745. The van der Waals surface area contributed by atoms with Crippen molar-refractivity contribution < 1.29 is 0 Å². The molecule has 1 fully saturated rings. The Kier molecular flexibility index (Phi) is 3.86. The second kappa shape index (κ2) is 4.45. The predicted molar refractivity (Wildman–Crippen MR) is 68.1 cm³/mol. The Morgan fingerprint density at radius 3 is 1.87 bits per heavy atom. The first-order chi connectivity index (χ1) is 6.77. The van der Waals surface area contributed by atoms with Gasteiger partial charge < -0.3 is 4.90 Å². The van der Waals surface area contributed by atoms with Crippen molar-refractivity contribution in [3.8, 4) is 0 Å². The fourth-order valence-corrected chi connectivity index (χ4v) is 2.48. The topological polar surface area (TPSA) is 3.24 Å². The molecule has 90 valence electrons. The number of hydrogen-bond donors (Lipinski definition) is 0. The van der Waals surface area contributed by atoms with Gasteiger partial charge in [-0.1, -0.05) is 41.5 Å². The molecule has 0 radical (unpaired) electrons. The zero-order chi connectivity index (χ0) is 11.7. The van der Waals surface area contributed by atoms with Gasteiger partial charge in [0.1, 0.15) is 0 Å². The van der Waals surface area contributed by atoms with Crippen LogP contribution < -0.4 is 0 Å². The molecular weight excluding hydrogens is 182 g/mol. The van der Waals surface area contributed by atoms with Crippen LogP contribution in [0.3, 0.4) is 0 Å². The van der Waals surface area contributed by atoms with Crippen LogP contribution in [0.25, 0.3) is 0 Å². The maximum atomic E-state index is 2.64. The van der Waals surface area contributed by atoms with Crippen molar-refractivity contribution in [1.29, 1.82) is 0 Å². The number of rotatable bonds is 4. The van der Waals surface area contributed by atoms with E-state index in [-0.39, 0.29) is 0 Å². The molecule has 0 N–H and O–H groups in total. The van der Waals surface area contributed by atoms with E-state index in [0.29, 0.717) is 10.8 Å². The molecule has 1 nitrogen and oxygen atoms in total. The first-order valence-corrected chi connectivity index (χ1v) is 6.50. The molecule has 0 aromatic carbocycles. The summed E-state index contributed by atoms with van der Waals surface area (Å²) in [6.45, 7) is 18.3. The standard InChI is InChI=1S/C14H29N/c1-12(2)14(5,6)13(3,4)11-15-9-7-8-10-15/h12H,7-11H2,1-6H3.